The Balaban J connectivity index is 1.36. The zero-order chi connectivity index (χ0) is 47.2. The van der Waals surface area contributed by atoms with Crippen LogP contribution in [-0.4, -0.2) is 98.4 Å². The highest BCUT2D eigenvalue weighted by atomic mass is 16.8. The molecule has 0 saturated carbocycles. The van der Waals surface area contributed by atoms with Gasteiger partial charge in [-0.3, -0.25) is 14.4 Å². The van der Waals surface area contributed by atoms with Crippen molar-refractivity contribution in [2.75, 3.05) is 0 Å². The topological polar surface area (TPSA) is 170 Å². The van der Waals surface area contributed by atoms with Crippen LogP contribution in [0.25, 0.3) is 0 Å². The summed E-state index contributed by atoms with van der Waals surface area (Å²) in [7, 11) is 0. The minimum absolute atomic E-state index is 0.00250. The highest BCUT2D eigenvalue weighted by Gasteiger charge is 2.63. The van der Waals surface area contributed by atoms with Gasteiger partial charge in [-0.25, -0.2) is 0 Å². The molecule has 12 nitrogen and oxygen atoms in total. The van der Waals surface area contributed by atoms with Crippen LogP contribution in [0.5, 0.6) is 0 Å². The van der Waals surface area contributed by atoms with Gasteiger partial charge in [-0.15, -0.1) is 0 Å². The summed E-state index contributed by atoms with van der Waals surface area (Å²) in [5.74, 6) is -5.84. The Morgan fingerprint density at radius 2 is 1.48 bits per heavy atom. The number of amides is 1. The normalized spacial score (nSPS) is 40.2. The van der Waals surface area contributed by atoms with Gasteiger partial charge in [0.15, 0.2) is 11.6 Å². The van der Waals surface area contributed by atoms with Gasteiger partial charge in [-0.1, -0.05) is 107 Å². The van der Waals surface area contributed by atoms with Crippen LogP contribution < -0.4 is 5.32 Å². The molecule has 1 amide bonds. The number of aliphatic hydroxyl groups is 2. The van der Waals surface area contributed by atoms with Crippen molar-refractivity contribution in [1.82, 2.24) is 5.32 Å². The molecule has 4 N–H and O–H groups in total. The lowest BCUT2D eigenvalue weighted by molar-refractivity contribution is -0.398. The molecule has 0 bridgehead atoms. The zero-order valence-corrected chi connectivity index (χ0v) is 41.6. The Kier molecular flexibility index (Phi) is 18.6. The number of nitrogens with one attached hydrogen (secondary N) is 1. The second-order valence-electron chi connectivity index (χ2n) is 21.4. The SMILES string of the molecule is CCCCCCCCCC(=O)N[C@@H]1C=C[C@]2(O[C@H]([C@@H](CC)C(=O)[C@@H](C)[C@@H](O)[C@H](C)[C@@H]3O[C@@H]([C@@H](CC)C(=O)O)CC[C@@H]3C)[C@@H](C)C[C@H]2C)O[C@@]12CC[C@@](C)([C@H]1CC[C@](O)(CC)[C@H](C)O1)O2. The van der Waals surface area contributed by atoms with Crippen molar-refractivity contribution in [2.45, 2.75) is 257 Å². The fourth-order valence-corrected chi connectivity index (χ4v) is 12.2. The third-order valence-corrected chi connectivity index (χ3v) is 16.8. The van der Waals surface area contributed by atoms with Gasteiger partial charge in [0.1, 0.15) is 11.8 Å². The van der Waals surface area contributed by atoms with E-state index in [-0.39, 0.29) is 47.8 Å². The van der Waals surface area contributed by atoms with E-state index in [0.717, 1.165) is 25.7 Å². The molecule has 12 heteroatoms. The predicted octanol–water partition coefficient (Wildman–Crippen LogP) is 9.45. The minimum Gasteiger partial charge on any atom is -0.481 e. The summed E-state index contributed by atoms with van der Waals surface area (Å²) in [6, 6.07) is -0.591. The van der Waals surface area contributed by atoms with E-state index >= 15 is 0 Å². The Labute approximate surface area is 386 Å². The van der Waals surface area contributed by atoms with Gasteiger partial charge in [0, 0.05) is 36.5 Å². The van der Waals surface area contributed by atoms with Crippen molar-refractivity contribution in [3.8, 4) is 0 Å². The van der Waals surface area contributed by atoms with E-state index in [1.54, 1.807) is 6.92 Å². The van der Waals surface area contributed by atoms with Gasteiger partial charge in [0.05, 0.1) is 53.7 Å². The summed E-state index contributed by atoms with van der Waals surface area (Å²) in [5, 5.41) is 36.3. The number of ether oxygens (including phenoxy) is 5. The first-order valence-electron chi connectivity index (χ1n) is 25.8. The molecule has 64 heavy (non-hydrogen) atoms. The van der Waals surface area contributed by atoms with Crippen molar-refractivity contribution in [3.05, 3.63) is 12.2 Å². The third kappa shape index (κ3) is 11.5. The van der Waals surface area contributed by atoms with Crippen LogP contribution in [0.15, 0.2) is 12.2 Å². The predicted molar refractivity (Wildman–Crippen MR) is 247 cm³/mol. The molecule has 0 radical (unpaired) electrons. The molecule has 4 saturated heterocycles. The van der Waals surface area contributed by atoms with Crippen LogP contribution in [0.1, 0.15) is 192 Å². The lowest BCUT2D eigenvalue weighted by atomic mass is 9.72. The maximum atomic E-state index is 14.7. The highest BCUT2D eigenvalue weighted by Crippen LogP contribution is 2.54. The monoisotopic (exact) mass is 904 g/mol. The third-order valence-electron chi connectivity index (χ3n) is 16.8. The summed E-state index contributed by atoms with van der Waals surface area (Å²) in [6.45, 7) is 22.1. The maximum Gasteiger partial charge on any atom is 0.309 e. The second-order valence-corrected chi connectivity index (χ2v) is 21.4. The number of carbonyl (C=O) groups is 3. The fraction of sp³-hybridized carbons (Fsp3) is 0.904. The van der Waals surface area contributed by atoms with Gasteiger partial charge >= 0.3 is 5.97 Å². The number of carbonyl (C=O) groups excluding carboxylic acids is 2. The molecule has 5 heterocycles. The van der Waals surface area contributed by atoms with Crippen molar-refractivity contribution < 1.29 is 53.4 Å². The van der Waals surface area contributed by atoms with Crippen LogP contribution in [0.3, 0.4) is 0 Å². The number of hydrogen-bond acceptors (Lipinski definition) is 10. The molecule has 5 aliphatic rings. The van der Waals surface area contributed by atoms with E-state index in [4.69, 9.17) is 23.7 Å². The van der Waals surface area contributed by atoms with Gasteiger partial charge in [0.25, 0.3) is 0 Å². The fourth-order valence-electron chi connectivity index (χ4n) is 12.2. The average Bonchev–Trinajstić information content (AvgIpc) is 3.61. The second kappa shape index (κ2) is 22.5. The summed E-state index contributed by atoms with van der Waals surface area (Å²) in [6.07, 6.45) is 15.2. The molecule has 0 aromatic rings. The number of Topliss-reactive ketones (excluding diaryl/α,β-unsaturated/α-hetero) is 1. The van der Waals surface area contributed by atoms with Crippen LogP contribution >= 0.6 is 0 Å². The number of rotatable bonds is 21. The summed E-state index contributed by atoms with van der Waals surface area (Å²) in [4.78, 5) is 40.4. The van der Waals surface area contributed by atoms with E-state index < -0.39 is 76.8 Å². The van der Waals surface area contributed by atoms with E-state index in [2.05, 4.69) is 39.9 Å². The smallest absolute Gasteiger partial charge is 0.309 e. The van der Waals surface area contributed by atoms with E-state index in [0.29, 0.717) is 64.2 Å². The van der Waals surface area contributed by atoms with Gasteiger partial charge < -0.3 is 44.3 Å². The van der Waals surface area contributed by atoms with Gasteiger partial charge in [-0.05, 0) is 96.0 Å². The minimum atomic E-state index is -1.28. The molecule has 0 aliphatic carbocycles. The summed E-state index contributed by atoms with van der Waals surface area (Å²) < 4.78 is 34.8. The Morgan fingerprint density at radius 3 is 2.11 bits per heavy atom. The zero-order valence-electron chi connectivity index (χ0n) is 41.6. The lowest BCUT2D eigenvalue weighted by Gasteiger charge is -2.55. The van der Waals surface area contributed by atoms with Crippen molar-refractivity contribution in [3.63, 3.8) is 0 Å². The molecule has 0 aromatic carbocycles. The average molecular weight is 904 g/mol. The summed E-state index contributed by atoms with van der Waals surface area (Å²) >= 11 is 0. The Hall–Kier alpha value is -1.93. The molecular weight excluding hydrogens is 815 g/mol. The van der Waals surface area contributed by atoms with Crippen LogP contribution in [0.2, 0.25) is 0 Å². The molecule has 4 fully saturated rings. The standard InChI is InChI=1S/C52H89NO11/c1-12-16-17-18-19-20-21-22-43(54)53-41-25-28-51(64-52(41)30-29-49(11,63-52)42-26-27-50(59,15-4)37(10)60-42)34(7)31-33(6)47(62-51)39(14-3)45(56)35(8)44(55)36(9)46-32(5)23-24-40(61-46)38(13-2)48(57)58/h25,28,32-42,44,46-47,55,59H,12-24,26-27,29-31H2,1-11H3,(H,53,54)(H,57,58)/t32-,33-,34+,35-,36-,37-,38+,39-,40+,41+,42+,44+,46+,47-,49-,50+,51-,52-/m0/s1. The molecule has 0 aromatic heterocycles. The van der Waals surface area contributed by atoms with Crippen molar-refractivity contribution >= 4 is 17.7 Å². The molecule has 0 unspecified atom stereocenters. The van der Waals surface area contributed by atoms with Gasteiger partial charge in [0.2, 0.25) is 5.91 Å². The van der Waals surface area contributed by atoms with Crippen LogP contribution in [0, 0.1) is 41.4 Å². The van der Waals surface area contributed by atoms with Crippen molar-refractivity contribution in [1.29, 1.82) is 0 Å². The number of hydrogen-bond donors (Lipinski definition) is 4. The molecule has 5 aliphatic heterocycles. The number of aliphatic hydroxyl groups excluding tert-OH is 1. The van der Waals surface area contributed by atoms with E-state index in [9.17, 15) is 29.7 Å². The highest BCUT2D eigenvalue weighted by molar-refractivity contribution is 5.84. The number of ketones is 1. The molecule has 2 spiro atoms. The summed E-state index contributed by atoms with van der Waals surface area (Å²) in [5.41, 5.74) is -1.67. The first-order valence-corrected chi connectivity index (χ1v) is 25.8. The molecule has 368 valence electrons. The van der Waals surface area contributed by atoms with Gasteiger partial charge in [-0.2, -0.15) is 0 Å². The Bertz CT molecular complexity index is 1570. The van der Waals surface area contributed by atoms with Crippen molar-refractivity contribution in [2.24, 2.45) is 41.4 Å². The molecular formula is C52H89NO11. The van der Waals surface area contributed by atoms with Crippen LogP contribution in [-0.2, 0) is 38.1 Å². The quantitative estimate of drug-likeness (QED) is 0.0639. The number of unbranched alkanes of at least 4 members (excludes halogenated alkanes) is 6. The lowest BCUT2D eigenvalue weighted by Crippen LogP contribution is -2.65. The molecule has 5 rings (SSSR count). The number of aliphatic carboxylic acids is 1. The van der Waals surface area contributed by atoms with E-state index in [1.165, 1.54) is 25.7 Å². The largest absolute Gasteiger partial charge is 0.481 e. The Morgan fingerprint density at radius 1 is 0.812 bits per heavy atom. The first-order chi connectivity index (χ1) is 30.2. The number of carboxylic acids is 1. The molecule has 18 atom stereocenters. The maximum absolute atomic E-state index is 14.7. The first kappa shape index (κ1) is 53.0. The number of carboxylic acid groups (broad SMARTS) is 1. The van der Waals surface area contributed by atoms with Crippen LogP contribution in [0.4, 0.5) is 0 Å². The van der Waals surface area contributed by atoms with E-state index in [1.807, 2.05) is 46.8 Å².